The van der Waals surface area contributed by atoms with E-state index in [1.807, 2.05) is 43.3 Å². The first-order chi connectivity index (χ1) is 10.9. The van der Waals surface area contributed by atoms with Gasteiger partial charge < -0.3 is 9.64 Å². The predicted octanol–water partition coefficient (Wildman–Crippen LogP) is 3.78. The third-order valence-electron chi connectivity index (χ3n) is 4.15. The van der Waals surface area contributed by atoms with E-state index in [9.17, 15) is 0 Å². The van der Waals surface area contributed by atoms with Gasteiger partial charge in [0.05, 0.1) is 6.04 Å². The van der Waals surface area contributed by atoms with Gasteiger partial charge >= 0.3 is 0 Å². The second-order valence-electron chi connectivity index (χ2n) is 5.73. The number of aryl methyl sites for hydroxylation is 1. The number of benzene rings is 2. The molecule has 0 bridgehead atoms. The summed E-state index contributed by atoms with van der Waals surface area (Å²) in [7, 11) is 2.06. The summed E-state index contributed by atoms with van der Waals surface area (Å²) in [6, 6.07) is 13.6. The second kappa shape index (κ2) is 7.47. The summed E-state index contributed by atoms with van der Waals surface area (Å²) in [5.74, 6) is 0.815. The molecule has 2 rings (SSSR count). The molecule has 0 aromatic heterocycles. The summed E-state index contributed by atoms with van der Waals surface area (Å²) in [5, 5.41) is 4.46. The monoisotopic (exact) mass is 332 g/mol. The molecule has 2 atom stereocenters. The van der Waals surface area contributed by atoms with Crippen molar-refractivity contribution in [3.63, 3.8) is 0 Å². The predicted molar refractivity (Wildman–Crippen MR) is 94.6 cm³/mol. The average Bonchev–Trinajstić information content (AvgIpc) is 2.55. The molecule has 0 radical (unpaired) electrons. The summed E-state index contributed by atoms with van der Waals surface area (Å²) in [6.45, 7) is 6.20. The third kappa shape index (κ3) is 4.23. The lowest BCUT2D eigenvalue weighted by Gasteiger charge is -2.32. The van der Waals surface area contributed by atoms with Crippen LogP contribution in [0, 0.1) is 6.92 Å². The normalized spacial score (nSPS) is 13.3. The molecule has 0 spiro atoms. The minimum absolute atomic E-state index is 0.0142. The first kappa shape index (κ1) is 17.3. The number of halogens is 1. The maximum atomic E-state index is 6.01. The van der Waals surface area contributed by atoms with E-state index in [4.69, 9.17) is 21.9 Å². The first-order valence-electron chi connectivity index (χ1n) is 7.59. The topological polar surface area (TPSA) is 50.4 Å². The number of hydrogen-bond donors (Lipinski definition) is 1. The Labute approximate surface area is 142 Å². The van der Waals surface area contributed by atoms with Crippen molar-refractivity contribution in [3.8, 4) is 5.75 Å². The van der Waals surface area contributed by atoms with E-state index in [0.717, 1.165) is 22.7 Å². The summed E-state index contributed by atoms with van der Waals surface area (Å²) in [6.07, 6.45) is 0.0142. The van der Waals surface area contributed by atoms with Gasteiger partial charge in [0.1, 0.15) is 17.5 Å². The Morgan fingerprint density at radius 3 is 2.35 bits per heavy atom. The molecule has 23 heavy (non-hydrogen) atoms. The molecule has 0 saturated heterocycles. The fourth-order valence-corrected chi connectivity index (χ4v) is 2.51. The Hall–Kier alpha value is -2.07. The van der Waals surface area contributed by atoms with Crippen LogP contribution in [0.3, 0.4) is 0 Å². The Kier molecular flexibility index (Phi) is 5.61. The maximum absolute atomic E-state index is 6.01. The van der Waals surface area contributed by atoms with Gasteiger partial charge in [-0.1, -0.05) is 11.6 Å². The highest BCUT2D eigenvalue weighted by molar-refractivity contribution is 6.30. The first-order valence-corrected chi connectivity index (χ1v) is 7.97. The SMILES string of the molecule is Cc1cc(N(C)C(C)C(C)Oc2ccc(Cl)cc2)ccc1N=[NH2+]. The maximum Gasteiger partial charge on any atom is 0.133 e. The Morgan fingerprint density at radius 2 is 1.78 bits per heavy atom. The van der Waals surface area contributed by atoms with E-state index in [1.54, 1.807) is 0 Å². The van der Waals surface area contributed by atoms with Crippen molar-refractivity contribution in [1.82, 2.24) is 0 Å². The van der Waals surface area contributed by atoms with Gasteiger partial charge in [-0.2, -0.15) is 5.53 Å². The summed E-state index contributed by atoms with van der Waals surface area (Å²) in [5.41, 5.74) is 8.33. The average molecular weight is 333 g/mol. The van der Waals surface area contributed by atoms with Crippen molar-refractivity contribution in [2.75, 3.05) is 11.9 Å². The zero-order valence-corrected chi connectivity index (χ0v) is 14.7. The molecule has 0 amide bonds. The van der Waals surface area contributed by atoms with E-state index in [2.05, 4.69) is 37.0 Å². The number of likely N-dealkylation sites (N-methyl/N-ethyl adjacent to an activating group) is 1. The number of hydrogen-bond acceptors (Lipinski definition) is 3. The summed E-state index contributed by atoms with van der Waals surface area (Å²) < 4.78 is 6.01. The highest BCUT2D eigenvalue weighted by Crippen LogP contribution is 2.26. The van der Waals surface area contributed by atoms with E-state index >= 15 is 0 Å². The Morgan fingerprint density at radius 1 is 1.13 bits per heavy atom. The van der Waals surface area contributed by atoms with Crippen LogP contribution in [0.2, 0.25) is 5.02 Å². The molecule has 2 unspecified atom stereocenters. The van der Waals surface area contributed by atoms with Crippen LogP contribution in [-0.2, 0) is 0 Å². The van der Waals surface area contributed by atoms with Gasteiger partial charge in [0, 0.05) is 17.8 Å². The zero-order chi connectivity index (χ0) is 17.0. The number of nitrogens with zero attached hydrogens (tertiary/aromatic N) is 2. The van der Waals surface area contributed by atoms with Gasteiger partial charge in [-0.05, 0) is 73.9 Å². The quantitative estimate of drug-likeness (QED) is 0.818. The molecule has 0 aliphatic rings. The number of ether oxygens (including phenoxy) is 1. The molecule has 0 heterocycles. The molecular formula is C18H23ClN3O+. The van der Waals surface area contributed by atoms with Gasteiger partial charge in [-0.15, -0.1) is 0 Å². The Bertz CT molecular complexity index is 672. The van der Waals surface area contributed by atoms with Crippen LogP contribution in [-0.4, -0.2) is 19.2 Å². The standard InChI is InChI=1S/C18H22ClN3O/c1-12-11-16(7-10-18(12)21-20)22(4)13(2)14(3)23-17-8-5-15(19)6-9-17/h5-11,13-14,20H,1-4H3/p+1. The van der Waals surface area contributed by atoms with Gasteiger partial charge in [0.15, 0.2) is 0 Å². The summed E-state index contributed by atoms with van der Waals surface area (Å²) >= 11 is 5.90. The van der Waals surface area contributed by atoms with Crippen LogP contribution < -0.4 is 15.2 Å². The molecule has 2 aromatic rings. The van der Waals surface area contributed by atoms with E-state index < -0.39 is 0 Å². The van der Waals surface area contributed by atoms with E-state index in [0.29, 0.717) is 5.02 Å². The second-order valence-corrected chi connectivity index (χ2v) is 6.16. The van der Waals surface area contributed by atoms with Crippen molar-refractivity contribution in [2.45, 2.75) is 32.9 Å². The fourth-order valence-electron chi connectivity index (χ4n) is 2.38. The lowest BCUT2D eigenvalue weighted by atomic mass is 10.1. The molecular weight excluding hydrogens is 310 g/mol. The molecule has 4 nitrogen and oxygen atoms in total. The van der Waals surface area contributed by atoms with Crippen LogP contribution in [0.15, 0.2) is 47.6 Å². The van der Waals surface area contributed by atoms with Crippen LogP contribution in [0.5, 0.6) is 5.75 Å². The van der Waals surface area contributed by atoms with Gasteiger partial charge in [-0.25, -0.2) is 0 Å². The molecule has 0 aliphatic carbocycles. The van der Waals surface area contributed by atoms with Gasteiger partial charge in [0.2, 0.25) is 0 Å². The van der Waals surface area contributed by atoms with Gasteiger partial charge in [-0.3, -0.25) is 0 Å². The van der Waals surface area contributed by atoms with Gasteiger partial charge in [0.25, 0.3) is 0 Å². The van der Waals surface area contributed by atoms with Crippen molar-refractivity contribution in [3.05, 3.63) is 53.1 Å². The minimum Gasteiger partial charge on any atom is -0.489 e. The van der Waals surface area contributed by atoms with E-state index in [-0.39, 0.29) is 12.1 Å². The van der Waals surface area contributed by atoms with Crippen LogP contribution >= 0.6 is 11.6 Å². The molecule has 0 fully saturated rings. The summed E-state index contributed by atoms with van der Waals surface area (Å²) in [4.78, 5) is 2.19. The molecule has 5 heteroatoms. The van der Waals surface area contributed by atoms with Crippen LogP contribution in [0.1, 0.15) is 19.4 Å². The molecule has 2 N–H and O–H groups in total. The van der Waals surface area contributed by atoms with Crippen LogP contribution in [0.25, 0.3) is 0 Å². The van der Waals surface area contributed by atoms with Crippen molar-refractivity contribution < 1.29 is 10.3 Å². The van der Waals surface area contributed by atoms with Crippen molar-refractivity contribution >= 4 is 23.0 Å². The zero-order valence-electron chi connectivity index (χ0n) is 14.0. The van der Waals surface area contributed by atoms with E-state index in [1.165, 1.54) is 0 Å². The molecule has 122 valence electrons. The number of nitrogens with two attached hydrogens (primary N) is 1. The van der Waals surface area contributed by atoms with Crippen molar-refractivity contribution in [2.24, 2.45) is 5.11 Å². The smallest absolute Gasteiger partial charge is 0.133 e. The number of anilines is 1. The van der Waals surface area contributed by atoms with Crippen molar-refractivity contribution in [1.29, 1.82) is 0 Å². The lowest BCUT2D eigenvalue weighted by Crippen LogP contribution is -2.40. The highest BCUT2D eigenvalue weighted by Gasteiger charge is 2.19. The lowest BCUT2D eigenvalue weighted by molar-refractivity contribution is -0.210. The third-order valence-corrected chi connectivity index (χ3v) is 4.40. The Balaban J connectivity index is 2.08. The number of rotatable bonds is 6. The molecule has 0 aliphatic heterocycles. The molecule has 0 saturated carbocycles. The van der Waals surface area contributed by atoms with Crippen LogP contribution in [0.4, 0.5) is 11.4 Å². The highest BCUT2D eigenvalue weighted by atomic mass is 35.5. The minimum atomic E-state index is 0.0142. The largest absolute Gasteiger partial charge is 0.489 e. The fraction of sp³-hybridized carbons (Fsp3) is 0.333. The molecule has 2 aromatic carbocycles.